The van der Waals surface area contributed by atoms with E-state index in [9.17, 15) is 20.1 Å². The molecule has 0 radical (unpaired) electrons. The van der Waals surface area contributed by atoms with Crippen molar-refractivity contribution in [3.63, 3.8) is 0 Å². The van der Waals surface area contributed by atoms with Crippen LogP contribution in [0.3, 0.4) is 0 Å². The van der Waals surface area contributed by atoms with Crippen LogP contribution in [0.1, 0.15) is 93.9 Å². The number of hydrogen-bond acceptors (Lipinski definition) is 14. The Bertz CT molecular complexity index is 1730. The fraction of sp³-hybridized carbons (Fsp3) is 0.771. The lowest BCUT2D eigenvalue weighted by Gasteiger charge is -2.48. The standard InChI is InChI=1S/C48H72O14/c1-11-25(2)43-28(5)17-18-47(62-43)23-34-20-33(61-47)16-15-27(4)42(26(3)13-12-14-32-24-55-45-40(49)29(6)19-35(46(51)58-34)48(32,45)52)59-39-22-37(54-10)44(31(8)57-39)60-38-21-36(53-9)41(50)30(7)56-38/h12-15,17-19,25-26,28,30-31,33-45,49-50,52H,11,16,20-24H2,1-10H3/t25-,26-,28-,30?,31?,33+,34-,35?,36?,37?,38?,39?,40+,41?,42-,43+,44?,45+,47?,48+/m0/s1. The first-order chi connectivity index (χ1) is 29.5. The maximum Gasteiger partial charge on any atom is 0.316 e. The van der Waals surface area contributed by atoms with Crippen molar-refractivity contribution in [1.29, 1.82) is 0 Å². The molecule has 14 heteroatoms. The molecule has 6 heterocycles. The predicted octanol–water partition coefficient (Wildman–Crippen LogP) is 5.38. The van der Waals surface area contributed by atoms with E-state index in [0.717, 1.165) is 12.0 Å². The number of esters is 1. The van der Waals surface area contributed by atoms with Crippen LogP contribution >= 0.6 is 0 Å². The van der Waals surface area contributed by atoms with E-state index >= 15 is 0 Å². The van der Waals surface area contributed by atoms with Crippen LogP contribution in [-0.2, 0) is 52.2 Å². The summed E-state index contributed by atoms with van der Waals surface area (Å²) in [6, 6.07) is 0. The summed E-state index contributed by atoms with van der Waals surface area (Å²) in [5.41, 5.74) is 0.134. The molecule has 0 aromatic heterocycles. The van der Waals surface area contributed by atoms with Crippen molar-refractivity contribution in [3.8, 4) is 0 Å². The number of allylic oxidation sites excluding steroid dienone is 2. The molecule has 4 fully saturated rings. The summed E-state index contributed by atoms with van der Waals surface area (Å²) < 4.78 is 63.7. The minimum absolute atomic E-state index is 0.0317. The Morgan fingerprint density at radius 3 is 2.32 bits per heavy atom. The lowest BCUT2D eigenvalue weighted by atomic mass is 9.71. The molecule has 10 unspecified atom stereocenters. The second kappa shape index (κ2) is 19.7. The minimum Gasteiger partial charge on any atom is -0.462 e. The van der Waals surface area contributed by atoms with E-state index in [-0.39, 0.29) is 42.7 Å². The molecule has 20 atom stereocenters. The third-order valence-corrected chi connectivity index (χ3v) is 14.5. The van der Waals surface area contributed by atoms with Gasteiger partial charge in [-0.3, -0.25) is 4.79 Å². The highest BCUT2D eigenvalue weighted by atomic mass is 16.7. The second-order valence-corrected chi connectivity index (χ2v) is 19.0. The Hall–Kier alpha value is -2.31. The van der Waals surface area contributed by atoms with Gasteiger partial charge in [-0.2, -0.15) is 0 Å². The fourth-order valence-corrected chi connectivity index (χ4v) is 10.6. The molecule has 0 amide bonds. The first-order valence-electron chi connectivity index (χ1n) is 22.9. The lowest BCUT2D eigenvalue weighted by molar-refractivity contribution is -0.318. The number of aliphatic hydroxyl groups is 3. The summed E-state index contributed by atoms with van der Waals surface area (Å²) in [6.07, 6.45) is 8.55. The largest absolute Gasteiger partial charge is 0.462 e. The Kier molecular flexibility index (Phi) is 15.1. The Morgan fingerprint density at radius 1 is 0.887 bits per heavy atom. The molecule has 4 saturated heterocycles. The van der Waals surface area contributed by atoms with Gasteiger partial charge in [-0.25, -0.2) is 0 Å². The number of aliphatic hydroxyl groups excluding tert-OH is 2. The third kappa shape index (κ3) is 9.64. The van der Waals surface area contributed by atoms with Crippen LogP contribution in [0.5, 0.6) is 0 Å². The van der Waals surface area contributed by atoms with Gasteiger partial charge in [0.2, 0.25) is 0 Å². The van der Waals surface area contributed by atoms with E-state index in [1.807, 2.05) is 32.1 Å². The van der Waals surface area contributed by atoms with Crippen molar-refractivity contribution >= 4 is 5.97 Å². The molecule has 348 valence electrons. The Morgan fingerprint density at radius 2 is 1.60 bits per heavy atom. The van der Waals surface area contributed by atoms with Crippen molar-refractivity contribution in [2.75, 3.05) is 20.8 Å². The van der Waals surface area contributed by atoms with E-state index in [1.165, 1.54) is 0 Å². The predicted molar refractivity (Wildman–Crippen MR) is 227 cm³/mol. The average molecular weight is 873 g/mol. The van der Waals surface area contributed by atoms with Crippen LogP contribution in [0.25, 0.3) is 0 Å². The molecule has 62 heavy (non-hydrogen) atoms. The molecule has 0 saturated carbocycles. The minimum atomic E-state index is -1.84. The number of ether oxygens (including phenoxy) is 10. The number of fused-ring (bicyclic) bond motifs is 2. The first-order valence-corrected chi connectivity index (χ1v) is 22.9. The zero-order chi connectivity index (χ0) is 44.7. The maximum atomic E-state index is 14.3. The smallest absolute Gasteiger partial charge is 0.316 e. The van der Waals surface area contributed by atoms with Crippen LogP contribution in [-0.4, -0.2) is 139 Å². The van der Waals surface area contributed by atoms with Gasteiger partial charge in [-0.1, -0.05) is 70.6 Å². The Balaban J connectivity index is 1.18. The van der Waals surface area contributed by atoms with Gasteiger partial charge >= 0.3 is 5.97 Å². The summed E-state index contributed by atoms with van der Waals surface area (Å²) in [4.78, 5) is 14.3. The summed E-state index contributed by atoms with van der Waals surface area (Å²) in [6.45, 7) is 16.1. The van der Waals surface area contributed by atoms with Gasteiger partial charge < -0.3 is 62.7 Å². The van der Waals surface area contributed by atoms with Crippen LogP contribution in [0.15, 0.2) is 59.3 Å². The zero-order valence-corrected chi connectivity index (χ0v) is 38.2. The zero-order valence-electron chi connectivity index (χ0n) is 38.2. The van der Waals surface area contributed by atoms with Crippen LogP contribution in [0.2, 0.25) is 0 Å². The van der Waals surface area contributed by atoms with E-state index in [0.29, 0.717) is 43.3 Å². The highest BCUT2D eigenvalue weighted by Gasteiger charge is 2.60. The van der Waals surface area contributed by atoms with E-state index in [4.69, 9.17) is 47.4 Å². The van der Waals surface area contributed by atoms with E-state index < -0.39 is 90.8 Å². The summed E-state index contributed by atoms with van der Waals surface area (Å²) in [7, 11) is 3.22. The van der Waals surface area contributed by atoms with Gasteiger partial charge in [-0.05, 0) is 62.8 Å². The molecular weight excluding hydrogens is 801 g/mol. The van der Waals surface area contributed by atoms with Gasteiger partial charge in [0.25, 0.3) is 0 Å². The molecule has 3 N–H and O–H groups in total. The molecule has 1 aliphatic carbocycles. The van der Waals surface area contributed by atoms with Gasteiger partial charge in [0.1, 0.15) is 42.0 Å². The molecule has 0 aromatic rings. The number of carbonyl (C=O) groups excluding carboxylic acids is 1. The van der Waals surface area contributed by atoms with Crippen molar-refractivity contribution in [3.05, 3.63) is 59.3 Å². The molecule has 6 aliphatic heterocycles. The quantitative estimate of drug-likeness (QED) is 0.210. The van der Waals surface area contributed by atoms with Crippen molar-refractivity contribution in [2.45, 2.75) is 191 Å². The van der Waals surface area contributed by atoms with E-state index in [1.54, 1.807) is 40.2 Å². The van der Waals surface area contributed by atoms with Gasteiger partial charge in [-0.15, -0.1) is 0 Å². The fourth-order valence-electron chi connectivity index (χ4n) is 10.6. The summed E-state index contributed by atoms with van der Waals surface area (Å²) >= 11 is 0. The monoisotopic (exact) mass is 872 g/mol. The van der Waals surface area contributed by atoms with Crippen molar-refractivity contribution < 1.29 is 67.5 Å². The normalized spacial score (nSPS) is 47.0. The van der Waals surface area contributed by atoms with Crippen molar-refractivity contribution in [1.82, 2.24) is 0 Å². The number of carbonyl (C=O) groups is 1. The topological polar surface area (TPSA) is 170 Å². The van der Waals surface area contributed by atoms with Crippen molar-refractivity contribution in [2.24, 2.45) is 23.7 Å². The van der Waals surface area contributed by atoms with Gasteiger partial charge in [0.05, 0.1) is 49.3 Å². The second-order valence-electron chi connectivity index (χ2n) is 19.0. The maximum absolute atomic E-state index is 14.3. The van der Waals surface area contributed by atoms with Crippen LogP contribution < -0.4 is 0 Å². The number of methoxy groups -OCH3 is 2. The molecule has 2 bridgehead atoms. The van der Waals surface area contributed by atoms with Crippen LogP contribution in [0, 0.1) is 23.7 Å². The molecule has 0 aromatic carbocycles. The number of hydrogen-bond donors (Lipinski definition) is 3. The number of rotatable bonds is 8. The van der Waals surface area contributed by atoms with Gasteiger partial charge in [0.15, 0.2) is 18.4 Å². The lowest BCUT2D eigenvalue weighted by Crippen LogP contribution is -2.58. The Labute approximate surface area is 367 Å². The summed E-state index contributed by atoms with van der Waals surface area (Å²) in [5.74, 6) is -2.56. The average Bonchev–Trinajstić information content (AvgIpc) is 3.58. The summed E-state index contributed by atoms with van der Waals surface area (Å²) in [5, 5.41) is 34.2. The third-order valence-electron chi connectivity index (χ3n) is 14.5. The SMILES string of the molecule is CC[C@H](C)[C@H]1OC2(C=C[C@@H]1C)C[C@@H]1C[C@@H](CC=C(C)[C@@H](OC3CC(OC)C(OC4CC(OC)C(O)C(C)O4)C(C)O3)[C@@H](C)C=CC=C3CO[C@@H]4[C@H](O)C(C)=CC(C(=O)O1)[C@]34O)O2. The molecule has 14 nitrogen and oxygen atoms in total. The van der Waals surface area contributed by atoms with E-state index in [2.05, 4.69) is 39.8 Å². The molecule has 7 rings (SSSR count). The molecular formula is C48H72O14. The molecule has 1 spiro atoms. The van der Waals surface area contributed by atoms with Gasteiger partial charge in [0, 0.05) is 51.7 Å². The molecule has 7 aliphatic rings. The highest BCUT2D eigenvalue weighted by Crippen LogP contribution is 2.47. The first kappa shape index (κ1) is 47.6. The van der Waals surface area contributed by atoms with Crippen LogP contribution in [0.4, 0.5) is 0 Å². The highest BCUT2D eigenvalue weighted by molar-refractivity contribution is 5.78.